The van der Waals surface area contributed by atoms with E-state index < -0.39 is 13.3 Å². The molecule has 1 aromatic carbocycles. The third kappa shape index (κ3) is 2.51. The van der Waals surface area contributed by atoms with Crippen LogP contribution in [0.15, 0.2) is 18.2 Å². The minimum Gasteiger partial charge on any atom is -0.377 e. The molecular weight excluding hydrogens is 186 g/mol. The largest absolute Gasteiger partial charge is 0.377 e. The second-order valence-electron chi connectivity index (χ2n) is 3.23. The Morgan fingerprint density at radius 3 is 2.00 bits per heavy atom. The molecule has 0 N–H and O–H groups in total. The summed E-state index contributed by atoms with van der Waals surface area (Å²) < 4.78 is 29.9. The fourth-order valence-electron chi connectivity index (χ4n) is 1.32. The molecule has 1 nitrogen and oxygen atoms in total. The maximum absolute atomic E-state index is 12.4. The maximum atomic E-state index is 12.4. The van der Waals surface area contributed by atoms with E-state index >= 15 is 0 Å². The van der Waals surface area contributed by atoms with Gasteiger partial charge in [-0.15, -0.1) is 0 Å². The zero-order valence-corrected chi connectivity index (χ0v) is 8.39. The topological polar surface area (TPSA) is 9.23 Å². The Balaban J connectivity index is 3.04. The van der Waals surface area contributed by atoms with Crippen LogP contribution in [0.4, 0.5) is 8.78 Å². The van der Waals surface area contributed by atoms with Gasteiger partial charge in [0.05, 0.1) is 6.10 Å². The number of hydrogen-bond acceptors (Lipinski definition) is 1. The van der Waals surface area contributed by atoms with Gasteiger partial charge < -0.3 is 4.74 Å². The summed E-state index contributed by atoms with van der Waals surface area (Å²) in [6.45, 7) is 0.702. The Hall–Kier alpha value is -0.960. The summed E-state index contributed by atoms with van der Waals surface area (Å²) in [5.74, 6) is 0. The molecule has 14 heavy (non-hydrogen) atoms. The number of ether oxygens (including phenoxy) is 1. The lowest BCUT2D eigenvalue weighted by Crippen LogP contribution is -1.98. The molecule has 0 bridgehead atoms. The third-order valence-corrected chi connectivity index (χ3v) is 2.21. The fraction of sp³-hybridized carbons (Fsp3) is 0.455. The van der Waals surface area contributed by atoms with Gasteiger partial charge in [0.2, 0.25) is 0 Å². The molecule has 1 atom stereocenters. The Labute approximate surface area is 82.7 Å². The lowest BCUT2D eigenvalue weighted by atomic mass is 10.0. The first-order valence-corrected chi connectivity index (χ1v) is 4.48. The second kappa shape index (κ2) is 5.05. The van der Waals surface area contributed by atoms with Crippen LogP contribution in [0.1, 0.15) is 29.7 Å². The van der Waals surface area contributed by atoms with Crippen molar-refractivity contribution in [3.63, 3.8) is 0 Å². The van der Waals surface area contributed by atoms with Crippen molar-refractivity contribution in [3.8, 4) is 0 Å². The molecular formula is C11H14F2O. The van der Waals surface area contributed by atoms with E-state index in [2.05, 4.69) is 0 Å². The highest BCUT2D eigenvalue weighted by Gasteiger charge is 2.07. The fourth-order valence-corrected chi connectivity index (χ4v) is 1.32. The normalized spacial score (nSPS) is 12.9. The van der Waals surface area contributed by atoms with Gasteiger partial charge in [0.15, 0.2) is 0 Å². The van der Waals surface area contributed by atoms with Gasteiger partial charge in [-0.3, -0.25) is 0 Å². The molecule has 0 fully saturated rings. The summed E-state index contributed by atoms with van der Waals surface area (Å²) in [5, 5.41) is 0. The summed E-state index contributed by atoms with van der Waals surface area (Å²) in [4.78, 5) is 0. The molecule has 0 radical (unpaired) electrons. The SMILES string of the molecule is CO[C@H](C)c1cc(CF)cc(CF)c1. The van der Waals surface area contributed by atoms with E-state index in [1.54, 1.807) is 19.2 Å². The molecule has 0 unspecified atom stereocenters. The summed E-state index contributed by atoms with van der Waals surface area (Å²) in [6, 6.07) is 4.94. The van der Waals surface area contributed by atoms with Gasteiger partial charge in [0.1, 0.15) is 13.3 Å². The molecule has 0 saturated carbocycles. The number of halogens is 2. The van der Waals surface area contributed by atoms with Crippen molar-refractivity contribution in [2.24, 2.45) is 0 Å². The van der Waals surface area contributed by atoms with Gasteiger partial charge >= 0.3 is 0 Å². The van der Waals surface area contributed by atoms with Crippen molar-refractivity contribution in [3.05, 3.63) is 34.9 Å². The summed E-state index contributed by atoms with van der Waals surface area (Å²) in [7, 11) is 1.57. The van der Waals surface area contributed by atoms with Crippen molar-refractivity contribution < 1.29 is 13.5 Å². The first-order chi connectivity index (χ1) is 6.71. The van der Waals surface area contributed by atoms with Crippen LogP contribution in [0.2, 0.25) is 0 Å². The van der Waals surface area contributed by atoms with Gasteiger partial charge in [-0.1, -0.05) is 18.2 Å². The third-order valence-electron chi connectivity index (χ3n) is 2.21. The van der Waals surface area contributed by atoms with Crippen LogP contribution in [-0.4, -0.2) is 7.11 Å². The average molecular weight is 200 g/mol. The lowest BCUT2D eigenvalue weighted by molar-refractivity contribution is 0.119. The van der Waals surface area contributed by atoms with E-state index in [0.29, 0.717) is 11.1 Å². The Kier molecular flexibility index (Phi) is 4.01. The summed E-state index contributed by atoms with van der Waals surface area (Å²) in [5.41, 5.74) is 1.81. The van der Waals surface area contributed by atoms with E-state index in [-0.39, 0.29) is 6.10 Å². The minimum absolute atomic E-state index is 0.133. The first kappa shape index (κ1) is 11.1. The average Bonchev–Trinajstić information content (AvgIpc) is 2.27. The quantitative estimate of drug-likeness (QED) is 0.724. The molecule has 0 aliphatic carbocycles. The first-order valence-electron chi connectivity index (χ1n) is 4.48. The second-order valence-corrected chi connectivity index (χ2v) is 3.23. The molecule has 0 spiro atoms. The van der Waals surface area contributed by atoms with E-state index in [4.69, 9.17) is 4.74 Å². The van der Waals surface area contributed by atoms with Gasteiger partial charge in [-0.05, 0) is 23.6 Å². The van der Waals surface area contributed by atoms with Crippen LogP contribution in [0, 0.1) is 0 Å². The Morgan fingerprint density at radius 1 is 1.14 bits per heavy atom. The van der Waals surface area contributed by atoms with Crippen LogP contribution < -0.4 is 0 Å². The smallest absolute Gasteiger partial charge is 0.115 e. The minimum atomic E-state index is -0.572. The molecule has 1 aromatic rings. The molecule has 0 aromatic heterocycles. The number of methoxy groups -OCH3 is 1. The van der Waals surface area contributed by atoms with Gasteiger partial charge in [-0.25, -0.2) is 8.78 Å². The monoisotopic (exact) mass is 200 g/mol. The standard InChI is InChI=1S/C11H14F2O/c1-8(14-2)11-4-9(6-12)3-10(5-11)7-13/h3-5,8H,6-7H2,1-2H3/t8-/m1/s1. The van der Waals surface area contributed by atoms with Crippen molar-refractivity contribution in [2.45, 2.75) is 26.4 Å². The zero-order chi connectivity index (χ0) is 10.6. The number of benzene rings is 1. The number of rotatable bonds is 4. The highest BCUT2D eigenvalue weighted by molar-refractivity contribution is 5.30. The van der Waals surface area contributed by atoms with Crippen LogP contribution in [0.5, 0.6) is 0 Å². The molecule has 78 valence electrons. The van der Waals surface area contributed by atoms with E-state index in [9.17, 15) is 8.78 Å². The van der Waals surface area contributed by atoms with E-state index in [1.165, 1.54) is 6.07 Å². The van der Waals surface area contributed by atoms with Crippen molar-refractivity contribution in [1.82, 2.24) is 0 Å². The molecule has 0 amide bonds. The predicted octanol–water partition coefficient (Wildman–Crippen LogP) is 3.33. The van der Waals surface area contributed by atoms with Crippen molar-refractivity contribution in [1.29, 1.82) is 0 Å². The van der Waals surface area contributed by atoms with E-state index in [0.717, 1.165) is 5.56 Å². The molecule has 0 heterocycles. The highest BCUT2D eigenvalue weighted by atomic mass is 19.1. The van der Waals surface area contributed by atoms with Crippen LogP contribution in [0.25, 0.3) is 0 Å². The van der Waals surface area contributed by atoms with Crippen molar-refractivity contribution in [2.75, 3.05) is 7.11 Å². The van der Waals surface area contributed by atoms with Gasteiger partial charge in [0.25, 0.3) is 0 Å². The molecule has 3 heteroatoms. The van der Waals surface area contributed by atoms with Crippen LogP contribution >= 0.6 is 0 Å². The van der Waals surface area contributed by atoms with Crippen LogP contribution in [-0.2, 0) is 18.1 Å². The molecule has 0 aliphatic heterocycles. The maximum Gasteiger partial charge on any atom is 0.115 e. The molecule has 0 aliphatic rings. The number of alkyl halides is 2. The Bertz CT molecular complexity index is 277. The Morgan fingerprint density at radius 2 is 1.64 bits per heavy atom. The van der Waals surface area contributed by atoms with E-state index in [1.807, 2.05) is 6.92 Å². The summed E-state index contributed by atoms with van der Waals surface area (Å²) >= 11 is 0. The van der Waals surface area contributed by atoms with Crippen LogP contribution in [0.3, 0.4) is 0 Å². The lowest BCUT2D eigenvalue weighted by Gasteiger charge is -2.12. The van der Waals surface area contributed by atoms with Gasteiger partial charge in [-0.2, -0.15) is 0 Å². The van der Waals surface area contributed by atoms with Crippen molar-refractivity contribution >= 4 is 0 Å². The highest BCUT2D eigenvalue weighted by Crippen LogP contribution is 2.20. The summed E-state index contributed by atoms with van der Waals surface area (Å²) in [6.07, 6.45) is -0.133. The molecule has 1 rings (SSSR count). The number of hydrogen-bond donors (Lipinski definition) is 0. The molecule has 0 saturated heterocycles. The van der Waals surface area contributed by atoms with Gasteiger partial charge in [0, 0.05) is 7.11 Å². The predicted molar refractivity (Wildman–Crippen MR) is 51.5 cm³/mol. The zero-order valence-electron chi connectivity index (χ0n) is 8.39.